The van der Waals surface area contributed by atoms with E-state index in [4.69, 9.17) is 17.0 Å². The average molecular weight is 484 g/mol. The molecular formula is C21H18BrN5O2S. The molecule has 0 spiro atoms. The average Bonchev–Trinajstić information content (AvgIpc) is 3.24. The summed E-state index contributed by atoms with van der Waals surface area (Å²) < 4.78 is 6.31. The molecule has 1 unspecified atom stereocenters. The Morgan fingerprint density at radius 3 is 2.63 bits per heavy atom. The molecule has 2 heterocycles. The van der Waals surface area contributed by atoms with Gasteiger partial charge >= 0.3 is 5.97 Å². The van der Waals surface area contributed by atoms with Gasteiger partial charge in [0.2, 0.25) is 0 Å². The van der Waals surface area contributed by atoms with Crippen molar-refractivity contribution in [3.8, 4) is 5.69 Å². The minimum absolute atomic E-state index is 0.257. The molecule has 30 heavy (non-hydrogen) atoms. The van der Waals surface area contributed by atoms with Crippen LogP contribution in [0.5, 0.6) is 0 Å². The minimum Gasteiger partial charge on any atom is -0.463 e. The van der Waals surface area contributed by atoms with Crippen LogP contribution in [0.1, 0.15) is 24.2 Å². The molecule has 9 heteroatoms. The van der Waals surface area contributed by atoms with Crippen LogP contribution in [0.3, 0.4) is 0 Å². The second-order valence-corrected chi connectivity index (χ2v) is 7.77. The Labute approximate surface area is 187 Å². The van der Waals surface area contributed by atoms with E-state index in [1.807, 2.05) is 54.6 Å². The van der Waals surface area contributed by atoms with Gasteiger partial charge in [0, 0.05) is 4.47 Å². The van der Waals surface area contributed by atoms with Crippen LogP contribution in [0.4, 0.5) is 0 Å². The molecule has 1 aromatic heterocycles. The molecule has 1 aliphatic heterocycles. The lowest BCUT2D eigenvalue weighted by molar-refractivity contribution is -0.138. The van der Waals surface area contributed by atoms with Crippen molar-refractivity contribution in [2.45, 2.75) is 13.0 Å². The van der Waals surface area contributed by atoms with E-state index < -0.39 is 12.0 Å². The van der Waals surface area contributed by atoms with Crippen LogP contribution in [0, 0.1) is 0 Å². The van der Waals surface area contributed by atoms with Gasteiger partial charge in [-0.3, -0.25) is 0 Å². The number of carbonyl (C=O) groups is 1. The van der Waals surface area contributed by atoms with E-state index in [0.717, 1.165) is 15.7 Å². The zero-order valence-corrected chi connectivity index (χ0v) is 18.4. The second-order valence-electron chi connectivity index (χ2n) is 6.44. The predicted molar refractivity (Wildman–Crippen MR) is 121 cm³/mol. The van der Waals surface area contributed by atoms with Crippen LogP contribution in [0.15, 0.2) is 70.8 Å². The largest absolute Gasteiger partial charge is 0.463 e. The van der Waals surface area contributed by atoms with Crippen LogP contribution in [-0.2, 0) is 9.53 Å². The number of hydrogen-bond donors (Lipinski definition) is 2. The predicted octanol–water partition coefficient (Wildman–Crippen LogP) is 3.52. The Morgan fingerprint density at radius 1 is 1.20 bits per heavy atom. The number of benzene rings is 2. The maximum Gasteiger partial charge on any atom is 0.338 e. The Bertz CT molecular complexity index is 1110. The van der Waals surface area contributed by atoms with E-state index >= 15 is 0 Å². The fraction of sp³-hybridized carbons (Fsp3) is 0.143. The number of nitrogens with zero attached hydrogens (tertiary/aromatic N) is 3. The van der Waals surface area contributed by atoms with Gasteiger partial charge in [0.25, 0.3) is 0 Å². The van der Waals surface area contributed by atoms with Gasteiger partial charge in [-0.15, -0.1) is 0 Å². The summed E-state index contributed by atoms with van der Waals surface area (Å²) in [5.74, 6) is -0.443. The number of thiocarbonyl (C=S) groups is 1. The van der Waals surface area contributed by atoms with E-state index in [0.29, 0.717) is 22.1 Å². The van der Waals surface area contributed by atoms with Crippen molar-refractivity contribution in [3.63, 3.8) is 0 Å². The summed E-state index contributed by atoms with van der Waals surface area (Å²) in [5, 5.41) is 15.6. The van der Waals surface area contributed by atoms with Crippen molar-refractivity contribution < 1.29 is 9.53 Å². The normalized spacial score (nSPS) is 16.1. The van der Waals surface area contributed by atoms with E-state index in [2.05, 4.69) is 36.8 Å². The lowest BCUT2D eigenvalue weighted by atomic mass is 9.96. The van der Waals surface area contributed by atoms with Crippen molar-refractivity contribution in [1.82, 2.24) is 25.6 Å². The third-order valence-corrected chi connectivity index (χ3v) is 5.24. The summed E-state index contributed by atoms with van der Waals surface area (Å²) in [5.41, 5.74) is 3.18. The first-order valence-electron chi connectivity index (χ1n) is 9.29. The summed E-state index contributed by atoms with van der Waals surface area (Å²) in [6.45, 7) is 2.03. The number of rotatable bonds is 5. The smallest absolute Gasteiger partial charge is 0.338 e. The molecule has 0 radical (unpaired) electrons. The first-order valence-corrected chi connectivity index (χ1v) is 10.5. The fourth-order valence-corrected chi connectivity index (χ4v) is 3.64. The highest BCUT2D eigenvalue weighted by Gasteiger charge is 2.34. The molecule has 0 saturated carbocycles. The Hall–Kier alpha value is -3.04. The number of esters is 1. The van der Waals surface area contributed by atoms with Gasteiger partial charge in [-0.25, -0.2) is 4.79 Å². The van der Waals surface area contributed by atoms with Gasteiger partial charge in [0.1, 0.15) is 11.7 Å². The lowest BCUT2D eigenvalue weighted by Gasteiger charge is -2.29. The summed E-state index contributed by atoms with van der Waals surface area (Å²) in [4.78, 5) is 14.4. The summed E-state index contributed by atoms with van der Waals surface area (Å²) in [6, 6.07) is 16.5. The third kappa shape index (κ3) is 4.12. The Balaban J connectivity index is 1.80. The molecule has 1 atom stereocenters. The van der Waals surface area contributed by atoms with Gasteiger partial charge < -0.3 is 15.4 Å². The van der Waals surface area contributed by atoms with Crippen LogP contribution >= 0.6 is 28.1 Å². The highest BCUT2D eigenvalue weighted by Crippen LogP contribution is 2.31. The number of halogens is 1. The zero-order chi connectivity index (χ0) is 21.1. The topological polar surface area (TPSA) is 81.1 Å². The number of ether oxygens (including phenoxy) is 1. The van der Waals surface area contributed by atoms with E-state index in [1.54, 1.807) is 13.1 Å². The standard InChI is InChI=1S/C21H18BrN5O2S/c1-2-29-20(28)17-18(13-6-4-3-5-7-13)24-21(30)25-19(17)16-12-23-27(26-16)15-10-8-14(22)9-11-15/h3-12,19H,2H2,1H3,(H2,24,25,30). The van der Waals surface area contributed by atoms with Crippen molar-refractivity contribution in [2.75, 3.05) is 6.61 Å². The highest BCUT2D eigenvalue weighted by atomic mass is 79.9. The van der Waals surface area contributed by atoms with Gasteiger partial charge in [-0.1, -0.05) is 46.3 Å². The molecule has 152 valence electrons. The molecule has 2 aromatic carbocycles. The van der Waals surface area contributed by atoms with E-state index in [9.17, 15) is 4.79 Å². The zero-order valence-electron chi connectivity index (χ0n) is 16.0. The molecule has 7 nitrogen and oxygen atoms in total. The molecule has 1 aliphatic rings. The lowest BCUT2D eigenvalue weighted by Crippen LogP contribution is -2.45. The summed E-state index contributed by atoms with van der Waals surface area (Å²) in [7, 11) is 0. The molecule has 2 N–H and O–H groups in total. The van der Waals surface area contributed by atoms with Crippen molar-refractivity contribution >= 4 is 44.9 Å². The summed E-state index contributed by atoms with van der Waals surface area (Å²) in [6.07, 6.45) is 1.62. The number of nitrogens with one attached hydrogen (secondary N) is 2. The minimum atomic E-state index is -0.600. The molecule has 0 aliphatic carbocycles. The SMILES string of the molecule is CCOC(=O)C1=C(c2ccccc2)NC(=S)NC1c1cnn(-c2ccc(Br)cc2)n1. The van der Waals surface area contributed by atoms with Crippen molar-refractivity contribution in [3.05, 3.63) is 82.1 Å². The van der Waals surface area contributed by atoms with Crippen molar-refractivity contribution in [2.24, 2.45) is 0 Å². The van der Waals surface area contributed by atoms with Crippen LogP contribution in [0.2, 0.25) is 0 Å². The molecule has 0 fully saturated rings. The quantitative estimate of drug-likeness (QED) is 0.424. The fourth-order valence-electron chi connectivity index (χ4n) is 3.15. The van der Waals surface area contributed by atoms with Crippen LogP contribution in [-0.4, -0.2) is 32.7 Å². The van der Waals surface area contributed by atoms with Crippen LogP contribution in [0.25, 0.3) is 11.4 Å². The Kier molecular flexibility index (Phi) is 5.91. The summed E-state index contributed by atoms with van der Waals surface area (Å²) >= 11 is 8.83. The van der Waals surface area contributed by atoms with Gasteiger partial charge in [0.05, 0.1) is 29.8 Å². The number of carbonyl (C=O) groups excluding carboxylic acids is 1. The molecule has 0 saturated heterocycles. The monoisotopic (exact) mass is 483 g/mol. The third-order valence-electron chi connectivity index (χ3n) is 4.49. The van der Waals surface area contributed by atoms with E-state index in [-0.39, 0.29) is 6.61 Å². The van der Waals surface area contributed by atoms with E-state index in [1.165, 1.54) is 4.80 Å². The first-order chi connectivity index (χ1) is 14.6. The molecule has 4 rings (SSSR count). The van der Waals surface area contributed by atoms with Gasteiger partial charge in [0.15, 0.2) is 5.11 Å². The number of hydrogen-bond acceptors (Lipinski definition) is 5. The molecule has 0 amide bonds. The van der Waals surface area contributed by atoms with Crippen molar-refractivity contribution in [1.29, 1.82) is 0 Å². The number of aromatic nitrogens is 3. The second kappa shape index (κ2) is 8.76. The molecule has 0 bridgehead atoms. The first kappa shape index (κ1) is 20.2. The molecular weight excluding hydrogens is 466 g/mol. The van der Waals surface area contributed by atoms with Gasteiger partial charge in [-0.2, -0.15) is 15.0 Å². The highest BCUT2D eigenvalue weighted by molar-refractivity contribution is 9.10. The maximum absolute atomic E-state index is 12.9. The molecule has 3 aromatic rings. The maximum atomic E-state index is 12.9. The van der Waals surface area contributed by atoms with Crippen LogP contribution < -0.4 is 10.6 Å². The Morgan fingerprint density at radius 2 is 1.93 bits per heavy atom. The van der Waals surface area contributed by atoms with Gasteiger partial charge in [-0.05, 0) is 49.0 Å².